The second kappa shape index (κ2) is 8.78. The van der Waals surface area contributed by atoms with Crippen LogP contribution in [0.3, 0.4) is 0 Å². The van der Waals surface area contributed by atoms with Gasteiger partial charge in [0.05, 0.1) is 7.11 Å². The molecule has 0 spiro atoms. The first kappa shape index (κ1) is 21.3. The highest BCUT2D eigenvalue weighted by Crippen LogP contribution is 2.55. The van der Waals surface area contributed by atoms with Crippen molar-refractivity contribution in [3.8, 4) is 11.5 Å². The number of aryl methyl sites for hydroxylation is 1. The van der Waals surface area contributed by atoms with Gasteiger partial charge in [0.1, 0.15) is 0 Å². The van der Waals surface area contributed by atoms with Gasteiger partial charge in [0.25, 0.3) is 5.91 Å². The molecule has 5 heteroatoms. The molecule has 4 saturated carbocycles. The van der Waals surface area contributed by atoms with Crippen molar-refractivity contribution < 1.29 is 14.3 Å². The van der Waals surface area contributed by atoms with Gasteiger partial charge in [0, 0.05) is 17.8 Å². The van der Waals surface area contributed by atoms with Crippen molar-refractivity contribution in [3.05, 3.63) is 53.6 Å². The molecule has 6 rings (SSSR count). The molecule has 0 heterocycles. The van der Waals surface area contributed by atoms with Crippen molar-refractivity contribution in [1.82, 2.24) is 5.32 Å². The first-order valence-electron chi connectivity index (χ1n) is 11.9. The Kier molecular flexibility index (Phi) is 5.85. The molecule has 4 aliphatic carbocycles. The highest BCUT2D eigenvalue weighted by Gasteiger charge is 2.50. The average molecular weight is 435 g/mol. The van der Waals surface area contributed by atoms with Gasteiger partial charge in [-0.2, -0.15) is 0 Å². The summed E-state index contributed by atoms with van der Waals surface area (Å²) in [6.45, 7) is 2.80. The number of rotatable bonds is 8. The van der Waals surface area contributed by atoms with Crippen LogP contribution in [-0.2, 0) is 11.3 Å². The van der Waals surface area contributed by atoms with Gasteiger partial charge in [-0.05, 0) is 93.0 Å². The van der Waals surface area contributed by atoms with E-state index in [2.05, 4.69) is 16.7 Å². The summed E-state index contributed by atoms with van der Waals surface area (Å²) in [5.41, 5.74) is 3.45. The van der Waals surface area contributed by atoms with Crippen molar-refractivity contribution in [2.24, 2.45) is 17.8 Å². The van der Waals surface area contributed by atoms with Crippen molar-refractivity contribution in [1.29, 1.82) is 0 Å². The van der Waals surface area contributed by atoms with Crippen LogP contribution in [0.15, 0.2) is 42.5 Å². The van der Waals surface area contributed by atoms with Gasteiger partial charge in [0.15, 0.2) is 18.1 Å². The minimum absolute atomic E-state index is 0.0604. The number of ether oxygens (including phenoxy) is 2. The Labute approximate surface area is 190 Å². The van der Waals surface area contributed by atoms with Gasteiger partial charge in [-0.25, -0.2) is 0 Å². The zero-order valence-corrected chi connectivity index (χ0v) is 19.2. The first-order valence-corrected chi connectivity index (χ1v) is 11.9. The predicted octanol–water partition coefficient (Wildman–Crippen LogP) is 5.08. The van der Waals surface area contributed by atoms with Crippen LogP contribution in [-0.4, -0.2) is 25.2 Å². The summed E-state index contributed by atoms with van der Waals surface area (Å²) in [7, 11) is 1.64. The van der Waals surface area contributed by atoms with Crippen LogP contribution in [0.1, 0.15) is 49.7 Å². The molecule has 2 aromatic rings. The molecule has 5 nitrogen and oxygen atoms in total. The lowest BCUT2D eigenvalue weighted by atomic mass is 9.53. The molecule has 4 aliphatic rings. The molecule has 170 valence electrons. The van der Waals surface area contributed by atoms with E-state index in [4.69, 9.17) is 9.47 Å². The largest absolute Gasteiger partial charge is 0.493 e. The molecule has 2 N–H and O–H groups in total. The Morgan fingerprint density at radius 2 is 1.62 bits per heavy atom. The summed E-state index contributed by atoms with van der Waals surface area (Å²) in [5.74, 6) is 3.87. The van der Waals surface area contributed by atoms with E-state index in [1.807, 2.05) is 43.3 Å². The minimum Gasteiger partial charge on any atom is -0.493 e. The summed E-state index contributed by atoms with van der Waals surface area (Å²) in [6.07, 6.45) is 8.39. The fourth-order valence-electron chi connectivity index (χ4n) is 6.54. The SMILES string of the molecule is COc1cc(CNC23CC4CC(CC(C4)C2)C3)ccc1OCC(=O)Nc1ccc(C)cc1. The van der Waals surface area contributed by atoms with Crippen molar-refractivity contribution in [2.45, 2.75) is 57.5 Å². The fourth-order valence-corrected chi connectivity index (χ4v) is 6.54. The van der Waals surface area contributed by atoms with Gasteiger partial charge >= 0.3 is 0 Å². The molecular weight excluding hydrogens is 400 g/mol. The van der Waals surface area contributed by atoms with E-state index >= 15 is 0 Å². The van der Waals surface area contributed by atoms with E-state index in [0.717, 1.165) is 35.5 Å². The maximum absolute atomic E-state index is 12.3. The molecule has 0 saturated heterocycles. The molecule has 4 bridgehead atoms. The smallest absolute Gasteiger partial charge is 0.262 e. The average Bonchev–Trinajstić information content (AvgIpc) is 2.77. The molecule has 4 fully saturated rings. The molecule has 2 aromatic carbocycles. The molecule has 0 aliphatic heterocycles. The van der Waals surface area contributed by atoms with E-state index in [1.165, 1.54) is 44.1 Å². The second-order valence-corrected chi connectivity index (χ2v) is 10.2. The van der Waals surface area contributed by atoms with Crippen molar-refractivity contribution >= 4 is 11.6 Å². The summed E-state index contributed by atoms with van der Waals surface area (Å²) >= 11 is 0. The number of amides is 1. The number of anilines is 1. The maximum atomic E-state index is 12.3. The summed E-state index contributed by atoms with van der Waals surface area (Å²) in [5, 5.41) is 6.79. The standard InChI is InChI=1S/C27H34N2O3/c1-18-3-6-23(7-4-18)29-26(30)17-32-24-8-5-19(12-25(24)31-2)16-28-27-13-20-9-21(14-27)11-22(10-20)15-27/h3-8,12,20-22,28H,9-11,13-17H2,1-2H3,(H,29,30). The first-order chi connectivity index (χ1) is 15.5. The van der Waals surface area contributed by atoms with Crippen LogP contribution in [0.25, 0.3) is 0 Å². The van der Waals surface area contributed by atoms with Gasteiger partial charge in [-0.3, -0.25) is 4.79 Å². The normalized spacial score (nSPS) is 27.9. The van der Waals surface area contributed by atoms with Gasteiger partial charge in [-0.15, -0.1) is 0 Å². The Morgan fingerprint density at radius 1 is 0.969 bits per heavy atom. The third-order valence-electron chi connectivity index (χ3n) is 7.63. The Morgan fingerprint density at radius 3 is 2.25 bits per heavy atom. The maximum Gasteiger partial charge on any atom is 0.262 e. The highest BCUT2D eigenvalue weighted by atomic mass is 16.5. The van der Waals surface area contributed by atoms with Crippen LogP contribution in [0.2, 0.25) is 0 Å². The molecule has 32 heavy (non-hydrogen) atoms. The van der Waals surface area contributed by atoms with Gasteiger partial charge in [-0.1, -0.05) is 23.8 Å². The molecule has 0 atom stereocenters. The Hall–Kier alpha value is -2.53. The van der Waals surface area contributed by atoms with E-state index in [-0.39, 0.29) is 12.5 Å². The zero-order valence-electron chi connectivity index (χ0n) is 19.2. The summed E-state index contributed by atoms with van der Waals surface area (Å²) in [6, 6.07) is 13.7. The second-order valence-electron chi connectivity index (χ2n) is 10.2. The minimum atomic E-state index is -0.191. The Bertz CT molecular complexity index is 934. The molecule has 0 unspecified atom stereocenters. The summed E-state index contributed by atoms with van der Waals surface area (Å²) < 4.78 is 11.3. The van der Waals surface area contributed by atoms with E-state index in [9.17, 15) is 4.79 Å². The zero-order chi connectivity index (χ0) is 22.1. The Balaban J connectivity index is 1.17. The van der Waals surface area contributed by atoms with E-state index in [1.54, 1.807) is 7.11 Å². The number of methoxy groups -OCH3 is 1. The summed E-state index contributed by atoms with van der Waals surface area (Å²) in [4.78, 5) is 12.3. The number of carbonyl (C=O) groups is 1. The lowest BCUT2D eigenvalue weighted by Crippen LogP contribution is -2.58. The van der Waals surface area contributed by atoms with Crippen LogP contribution in [0, 0.1) is 24.7 Å². The van der Waals surface area contributed by atoms with E-state index in [0.29, 0.717) is 17.0 Å². The predicted molar refractivity (Wildman–Crippen MR) is 126 cm³/mol. The lowest BCUT2D eigenvalue weighted by Gasteiger charge is -2.57. The van der Waals surface area contributed by atoms with Crippen LogP contribution in [0.4, 0.5) is 5.69 Å². The molecule has 0 radical (unpaired) electrons. The number of carbonyl (C=O) groups excluding carboxylic acids is 1. The quantitative estimate of drug-likeness (QED) is 0.608. The molecule has 1 amide bonds. The van der Waals surface area contributed by atoms with Crippen LogP contribution in [0.5, 0.6) is 11.5 Å². The number of nitrogens with one attached hydrogen (secondary N) is 2. The van der Waals surface area contributed by atoms with Gasteiger partial charge < -0.3 is 20.1 Å². The monoisotopic (exact) mass is 434 g/mol. The number of hydrogen-bond donors (Lipinski definition) is 2. The van der Waals surface area contributed by atoms with E-state index < -0.39 is 0 Å². The van der Waals surface area contributed by atoms with Gasteiger partial charge in [0.2, 0.25) is 0 Å². The third-order valence-corrected chi connectivity index (χ3v) is 7.63. The number of hydrogen-bond acceptors (Lipinski definition) is 4. The lowest BCUT2D eigenvalue weighted by molar-refractivity contribution is -0.118. The van der Waals surface area contributed by atoms with Crippen LogP contribution < -0.4 is 20.1 Å². The van der Waals surface area contributed by atoms with Crippen molar-refractivity contribution in [3.63, 3.8) is 0 Å². The van der Waals surface area contributed by atoms with Crippen LogP contribution >= 0.6 is 0 Å². The third kappa shape index (κ3) is 4.63. The fraction of sp³-hybridized carbons (Fsp3) is 0.519. The van der Waals surface area contributed by atoms with Crippen molar-refractivity contribution in [2.75, 3.05) is 19.0 Å². The molecule has 0 aromatic heterocycles. The number of benzene rings is 2. The highest BCUT2D eigenvalue weighted by molar-refractivity contribution is 5.91. The topological polar surface area (TPSA) is 59.6 Å². The molecular formula is C27H34N2O3.